The van der Waals surface area contributed by atoms with Gasteiger partial charge in [0.15, 0.2) is 0 Å². The van der Waals surface area contributed by atoms with Gasteiger partial charge < -0.3 is 0 Å². The van der Waals surface area contributed by atoms with Gasteiger partial charge in [-0.25, -0.2) is 0 Å². The molecule has 0 aromatic heterocycles. The maximum absolute atomic E-state index is 3.85. The highest BCUT2D eigenvalue weighted by atomic mass is 14.2. The first-order valence-electron chi connectivity index (χ1n) is 4.22. The normalized spacial score (nSPS) is 20.1. The molecule has 0 saturated heterocycles. The third kappa shape index (κ3) is 0.918. The van der Waals surface area contributed by atoms with Gasteiger partial charge in [-0.3, -0.25) is 0 Å². The van der Waals surface area contributed by atoms with Crippen molar-refractivity contribution in [3.05, 3.63) is 53.6 Å². The number of fused-ring (bicyclic) bond motifs is 1. The van der Waals surface area contributed by atoms with E-state index in [-0.39, 0.29) is 0 Å². The van der Waals surface area contributed by atoms with E-state index in [9.17, 15) is 0 Å². The Labute approximate surface area is 73.2 Å². The van der Waals surface area contributed by atoms with E-state index in [1.165, 1.54) is 16.7 Å². The van der Waals surface area contributed by atoms with E-state index in [0.717, 1.165) is 0 Å². The standard InChI is InChI=1S/C12H12/c1-3-11-9(2)8-10-6-4-5-7-12(10)11/h3-8,11H,1H2,2H3. The van der Waals surface area contributed by atoms with Crippen molar-refractivity contribution in [1.82, 2.24) is 0 Å². The van der Waals surface area contributed by atoms with Gasteiger partial charge in [-0.15, -0.1) is 6.58 Å². The zero-order valence-electron chi connectivity index (χ0n) is 7.25. The zero-order chi connectivity index (χ0) is 8.55. The minimum atomic E-state index is 0.446. The molecule has 60 valence electrons. The summed E-state index contributed by atoms with van der Waals surface area (Å²) in [6.45, 7) is 6.01. The Bertz CT molecular complexity index is 345. The highest BCUT2D eigenvalue weighted by molar-refractivity contribution is 5.67. The van der Waals surface area contributed by atoms with Crippen LogP contribution in [-0.2, 0) is 0 Å². The number of hydrogen-bond acceptors (Lipinski definition) is 0. The average Bonchev–Trinajstić information content (AvgIpc) is 2.40. The molecule has 0 bridgehead atoms. The third-order valence-electron chi connectivity index (χ3n) is 2.44. The summed E-state index contributed by atoms with van der Waals surface area (Å²) in [6, 6.07) is 8.49. The second-order valence-electron chi connectivity index (χ2n) is 3.23. The molecule has 1 aromatic carbocycles. The van der Waals surface area contributed by atoms with E-state index >= 15 is 0 Å². The van der Waals surface area contributed by atoms with E-state index in [1.54, 1.807) is 0 Å². The van der Waals surface area contributed by atoms with Crippen molar-refractivity contribution in [2.75, 3.05) is 0 Å². The molecule has 1 unspecified atom stereocenters. The molecule has 0 nitrogen and oxygen atoms in total. The first-order valence-corrected chi connectivity index (χ1v) is 4.22. The fourth-order valence-electron chi connectivity index (χ4n) is 1.82. The molecule has 1 aliphatic rings. The molecule has 0 radical (unpaired) electrons. The molecule has 0 saturated carbocycles. The molecule has 0 N–H and O–H groups in total. The van der Waals surface area contributed by atoms with E-state index in [4.69, 9.17) is 0 Å². The van der Waals surface area contributed by atoms with Crippen LogP contribution < -0.4 is 0 Å². The summed E-state index contributed by atoms with van der Waals surface area (Å²) in [5.74, 6) is 0.446. The van der Waals surface area contributed by atoms with Crippen LogP contribution in [0.25, 0.3) is 6.08 Å². The molecule has 2 rings (SSSR count). The van der Waals surface area contributed by atoms with Crippen LogP contribution in [0.2, 0.25) is 0 Å². The van der Waals surface area contributed by atoms with E-state index < -0.39 is 0 Å². The molecule has 0 spiro atoms. The van der Waals surface area contributed by atoms with E-state index in [2.05, 4.69) is 43.8 Å². The minimum absolute atomic E-state index is 0.446. The van der Waals surface area contributed by atoms with Crippen molar-refractivity contribution in [2.45, 2.75) is 12.8 Å². The lowest BCUT2D eigenvalue weighted by Gasteiger charge is -2.07. The van der Waals surface area contributed by atoms with Gasteiger partial charge >= 0.3 is 0 Å². The Kier molecular flexibility index (Phi) is 1.61. The molecule has 1 aromatic rings. The lowest BCUT2D eigenvalue weighted by molar-refractivity contribution is 1.03. The van der Waals surface area contributed by atoms with Crippen LogP contribution in [0.5, 0.6) is 0 Å². The Balaban J connectivity index is 2.56. The molecule has 1 aliphatic carbocycles. The van der Waals surface area contributed by atoms with Gasteiger partial charge in [-0.05, 0) is 18.1 Å². The van der Waals surface area contributed by atoms with Gasteiger partial charge in [-0.2, -0.15) is 0 Å². The molecule has 0 heteroatoms. The highest BCUT2D eigenvalue weighted by Crippen LogP contribution is 2.35. The van der Waals surface area contributed by atoms with Gasteiger partial charge in [0.1, 0.15) is 0 Å². The second kappa shape index (κ2) is 2.63. The van der Waals surface area contributed by atoms with Gasteiger partial charge in [-0.1, -0.05) is 42.0 Å². The molecule has 0 aliphatic heterocycles. The molecule has 12 heavy (non-hydrogen) atoms. The van der Waals surface area contributed by atoms with Crippen LogP contribution in [-0.4, -0.2) is 0 Å². The van der Waals surface area contributed by atoms with Gasteiger partial charge in [0, 0.05) is 5.92 Å². The maximum Gasteiger partial charge on any atom is 0.0232 e. The minimum Gasteiger partial charge on any atom is -0.102 e. The first-order chi connectivity index (χ1) is 5.83. The quantitative estimate of drug-likeness (QED) is 0.547. The van der Waals surface area contributed by atoms with Crippen LogP contribution in [0.15, 0.2) is 42.5 Å². The van der Waals surface area contributed by atoms with Crippen LogP contribution in [0.3, 0.4) is 0 Å². The lowest BCUT2D eigenvalue weighted by atomic mass is 9.97. The molecule has 0 fully saturated rings. The summed E-state index contributed by atoms with van der Waals surface area (Å²) in [7, 11) is 0. The number of allylic oxidation sites excluding steroid dienone is 2. The summed E-state index contributed by atoms with van der Waals surface area (Å²) in [5.41, 5.74) is 4.14. The fraction of sp³-hybridized carbons (Fsp3) is 0.167. The fourth-order valence-corrected chi connectivity index (χ4v) is 1.82. The van der Waals surface area contributed by atoms with Gasteiger partial charge in [0.25, 0.3) is 0 Å². The molecular formula is C12H12. The van der Waals surface area contributed by atoms with Crippen molar-refractivity contribution in [2.24, 2.45) is 0 Å². The monoisotopic (exact) mass is 156 g/mol. The summed E-state index contributed by atoms with van der Waals surface area (Å²) < 4.78 is 0. The third-order valence-corrected chi connectivity index (χ3v) is 2.44. The Morgan fingerprint density at radius 2 is 2.08 bits per heavy atom. The van der Waals surface area contributed by atoms with Crippen LogP contribution >= 0.6 is 0 Å². The van der Waals surface area contributed by atoms with Crippen LogP contribution in [0, 0.1) is 0 Å². The van der Waals surface area contributed by atoms with Crippen molar-refractivity contribution in [3.63, 3.8) is 0 Å². The Hall–Kier alpha value is -1.30. The zero-order valence-corrected chi connectivity index (χ0v) is 7.25. The average molecular weight is 156 g/mol. The summed E-state index contributed by atoms with van der Waals surface area (Å²) in [4.78, 5) is 0. The smallest absolute Gasteiger partial charge is 0.0232 e. The number of rotatable bonds is 1. The molecular weight excluding hydrogens is 144 g/mol. The Morgan fingerprint density at radius 1 is 1.33 bits per heavy atom. The SMILES string of the molecule is C=CC1C(C)=Cc2ccccc21. The lowest BCUT2D eigenvalue weighted by Crippen LogP contribution is -1.90. The summed E-state index contributed by atoms with van der Waals surface area (Å²) in [6.07, 6.45) is 4.25. The van der Waals surface area contributed by atoms with Crippen molar-refractivity contribution >= 4 is 6.08 Å². The molecule has 1 atom stereocenters. The van der Waals surface area contributed by atoms with E-state index in [0.29, 0.717) is 5.92 Å². The Morgan fingerprint density at radius 3 is 2.83 bits per heavy atom. The van der Waals surface area contributed by atoms with Crippen molar-refractivity contribution in [1.29, 1.82) is 0 Å². The predicted octanol–water partition coefficient (Wildman–Crippen LogP) is 3.37. The predicted molar refractivity (Wildman–Crippen MR) is 53.0 cm³/mol. The maximum atomic E-state index is 3.85. The van der Waals surface area contributed by atoms with E-state index in [1.807, 2.05) is 6.08 Å². The van der Waals surface area contributed by atoms with Crippen LogP contribution in [0.1, 0.15) is 24.0 Å². The van der Waals surface area contributed by atoms with Gasteiger partial charge in [0.05, 0.1) is 0 Å². The van der Waals surface area contributed by atoms with Crippen LogP contribution in [0.4, 0.5) is 0 Å². The van der Waals surface area contributed by atoms with Crippen molar-refractivity contribution < 1.29 is 0 Å². The van der Waals surface area contributed by atoms with Gasteiger partial charge in [0.2, 0.25) is 0 Å². The second-order valence-corrected chi connectivity index (χ2v) is 3.23. The molecule has 0 amide bonds. The summed E-state index contributed by atoms with van der Waals surface area (Å²) >= 11 is 0. The summed E-state index contributed by atoms with van der Waals surface area (Å²) in [5, 5.41) is 0. The molecule has 0 heterocycles. The largest absolute Gasteiger partial charge is 0.102 e. The first kappa shape index (κ1) is 7.35. The number of benzene rings is 1. The topological polar surface area (TPSA) is 0 Å². The number of hydrogen-bond donors (Lipinski definition) is 0. The highest BCUT2D eigenvalue weighted by Gasteiger charge is 2.17. The van der Waals surface area contributed by atoms with Crippen molar-refractivity contribution in [3.8, 4) is 0 Å².